The van der Waals surface area contributed by atoms with Gasteiger partial charge in [0, 0.05) is 6.21 Å². The van der Waals surface area contributed by atoms with E-state index in [1.807, 2.05) is 61.7 Å². The predicted molar refractivity (Wildman–Crippen MR) is 103 cm³/mol. The molecule has 0 atom stereocenters. The first kappa shape index (κ1) is 17.4. The first-order valence-corrected chi connectivity index (χ1v) is 8.26. The Hall–Kier alpha value is -3.40. The number of aliphatic imine (C=N–C) groups is 1. The number of carboxylic acids is 1. The zero-order chi connectivity index (χ0) is 18.4. The Bertz CT molecular complexity index is 930. The van der Waals surface area contributed by atoms with Gasteiger partial charge in [0.25, 0.3) is 0 Å². The molecule has 0 aromatic heterocycles. The lowest BCUT2D eigenvalue weighted by Gasteiger charge is -2.07. The Morgan fingerprint density at radius 3 is 2.54 bits per heavy atom. The molecule has 3 aromatic carbocycles. The quantitative estimate of drug-likeness (QED) is 0.638. The summed E-state index contributed by atoms with van der Waals surface area (Å²) >= 11 is 0. The molecule has 0 heterocycles. The molecule has 0 saturated heterocycles. The number of aromatic carboxylic acids is 1. The summed E-state index contributed by atoms with van der Waals surface area (Å²) < 4.78 is 5.80. The first-order valence-electron chi connectivity index (χ1n) is 8.26. The minimum atomic E-state index is -0.932. The molecule has 0 saturated carbocycles. The van der Waals surface area contributed by atoms with E-state index < -0.39 is 5.97 Å². The van der Waals surface area contributed by atoms with Crippen LogP contribution in [-0.2, 0) is 6.61 Å². The van der Waals surface area contributed by atoms with Crippen LogP contribution in [0.15, 0.2) is 77.8 Å². The average Bonchev–Trinajstić information content (AvgIpc) is 2.66. The van der Waals surface area contributed by atoms with Crippen LogP contribution >= 0.6 is 0 Å². The van der Waals surface area contributed by atoms with E-state index in [-0.39, 0.29) is 5.56 Å². The molecule has 4 nitrogen and oxygen atoms in total. The highest BCUT2D eigenvalue weighted by molar-refractivity contribution is 5.87. The van der Waals surface area contributed by atoms with Crippen LogP contribution in [0.3, 0.4) is 0 Å². The van der Waals surface area contributed by atoms with Crippen LogP contribution in [-0.4, -0.2) is 17.3 Å². The summed E-state index contributed by atoms with van der Waals surface area (Å²) in [5.41, 5.74) is 4.20. The summed E-state index contributed by atoms with van der Waals surface area (Å²) in [7, 11) is 0. The monoisotopic (exact) mass is 345 g/mol. The van der Waals surface area contributed by atoms with Crippen molar-refractivity contribution in [1.29, 1.82) is 0 Å². The van der Waals surface area contributed by atoms with Crippen molar-refractivity contribution in [2.75, 3.05) is 0 Å². The molecular weight excluding hydrogens is 326 g/mol. The second-order valence-corrected chi connectivity index (χ2v) is 5.91. The summed E-state index contributed by atoms with van der Waals surface area (Å²) in [5, 5.41) is 8.92. The van der Waals surface area contributed by atoms with Crippen LogP contribution in [0, 0.1) is 6.92 Å². The molecule has 0 aliphatic carbocycles. The molecule has 3 aromatic rings. The van der Waals surface area contributed by atoms with Gasteiger partial charge in [-0.1, -0.05) is 42.5 Å². The summed E-state index contributed by atoms with van der Waals surface area (Å²) in [6.45, 7) is 2.40. The summed E-state index contributed by atoms with van der Waals surface area (Å²) in [6.07, 6.45) is 1.82. The average molecular weight is 345 g/mol. The van der Waals surface area contributed by atoms with E-state index in [4.69, 9.17) is 9.84 Å². The third-order valence-corrected chi connectivity index (χ3v) is 3.93. The molecular formula is C22H19NO3. The van der Waals surface area contributed by atoms with Crippen molar-refractivity contribution in [2.45, 2.75) is 13.5 Å². The molecule has 0 fully saturated rings. The van der Waals surface area contributed by atoms with Gasteiger partial charge in [-0.05, 0) is 53.9 Å². The van der Waals surface area contributed by atoms with Crippen LogP contribution in [0.4, 0.5) is 5.69 Å². The van der Waals surface area contributed by atoms with Crippen LogP contribution in [0.1, 0.15) is 27.0 Å². The molecule has 0 unspecified atom stereocenters. The van der Waals surface area contributed by atoms with Crippen molar-refractivity contribution >= 4 is 17.9 Å². The van der Waals surface area contributed by atoms with Gasteiger partial charge in [0.05, 0.1) is 11.3 Å². The predicted octanol–water partition coefficient (Wildman–Crippen LogP) is 5.02. The Labute approximate surface area is 152 Å². The Morgan fingerprint density at radius 2 is 1.81 bits per heavy atom. The molecule has 1 N–H and O–H groups in total. The maximum absolute atomic E-state index is 10.9. The fourth-order valence-electron chi connectivity index (χ4n) is 2.45. The number of aryl methyl sites for hydroxylation is 1. The van der Waals surface area contributed by atoms with E-state index in [0.29, 0.717) is 6.61 Å². The minimum Gasteiger partial charge on any atom is -0.489 e. The number of para-hydroxylation sites is 1. The molecule has 0 aliphatic heterocycles. The van der Waals surface area contributed by atoms with Gasteiger partial charge in [-0.2, -0.15) is 0 Å². The number of ether oxygens (including phenoxy) is 1. The van der Waals surface area contributed by atoms with Crippen LogP contribution in [0.2, 0.25) is 0 Å². The topological polar surface area (TPSA) is 58.9 Å². The number of benzene rings is 3. The normalized spacial score (nSPS) is 10.8. The van der Waals surface area contributed by atoms with Crippen LogP contribution in [0.5, 0.6) is 5.75 Å². The Morgan fingerprint density at radius 1 is 1.04 bits per heavy atom. The molecule has 0 radical (unpaired) electrons. The van der Waals surface area contributed by atoms with Gasteiger partial charge in [-0.25, -0.2) is 4.79 Å². The fourth-order valence-corrected chi connectivity index (χ4v) is 2.45. The second-order valence-electron chi connectivity index (χ2n) is 5.91. The zero-order valence-corrected chi connectivity index (χ0v) is 14.4. The van der Waals surface area contributed by atoms with Crippen LogP contribution in [0.25, 0.3) is 0 Å². The van der Waals surface area contributed by atoms with Gasteiger partial charge in [0.2, 0.25) is 0 Å². The second kappa shape index (κ2) is 8.12. The number of hydrogen-bond acceptors (Lipinski definition) is 3. The van der Waals surface area contributed by atoms with Gasteiger partial charge < -0.3 is 9.84 Å². The minimum absolute atomic E-state index is 0.267. The van der Waals surface area contributed by atoms with E-state index in [2.05, 4.69) is 4.99 Å². The fraction of sp³-hybridized carbons (Fsp3) is 0.0909. The van der Waals surface area contributed by atoms with Crippen molar-refractivity contribution in [3.05, 3.63) is 95.1 Å². The van der Waals surface area contributed by atoms with E-state index in [1.165, 1.54) is 0 Å². The molecule has 4 heteroatoms. The largest absolute Gasteiger partial charge is 0.489 e. The highest BCUT2D eigenvalue weighted by Gasteiger charge is 2.02. The van der Waals surface area contributed by atoms with E-state index in [0.717, 1.165) is 28.1 Å². The lowest BCUT2D eigenvalue weighted by Crippen LogP contribution is -1.99. The van der Waals surface area contributed by atoms with Crippen molar-refractivity contribution in [3.8, 4) is 5.75 Å². The first-order chi connectivity index (χ1) is 12.6. The zero-order valence-electron chi connectivity index (χ0n) is 14.4. The van der Waals surface area contributed by atoms with E-state index in [9.17, 15) is 4.79 Å². The summed E-state index contributed by atoms with van der Waals surface area (Å²) in [6, 6.07) is 22.3. The number of hydrogen-bond donors (Lipinski definition) is 1. The number of carboxylic acid groups (broad SMARTS) is 1. The highest BCUT2D eigenvalue weighted by Crippen LogP contribution is 2.18. The third-order valence-electron chi connectivity index (χ3n) is 3.93. The standard InChI is InChI=1S/C22H19NO3/c1-16-5-2-3-8-21(16)23-14-18-6-4-7-20(13-18)26-15-17-9-11-19(12-10-17)22(24)25/h2-14H,15H2,1H3,(H,24,25). The maximum Gasteiger partial charge on any atom is 0.335 e. The summed E-state index contributed by atoms with van der Waals surface area (Å²) in [5.74, 6) is -0.195. The van der Waals surface area contributed by atoms with Gasteiger partial charge in [-0.15, -0.1) is 0 Å². The Balaban J connectivity index is 1.65. The van der Waals surface area contributed by atoms with Crippen LogP contribution < -0.4 is 4.74 Å². The number of nitrogens with zero attached hydrogens (tertiary/aromatic N) is 1. The van der Waals surface area contributed by atoms with Crippen molar-refractivity contribution < 1.29 is 14.6 Å². The van der Waals surface area contributed by atoms with Gasteiger partial charge >= 0.3 is 5.97 Å². The lowest BCUT2D eigenvalue weighted by molar-refractivity contribution is 0.0697. The summed E-state index contributed by atoms with van der Waals surface area (Å²) in [4.78, 5) is 15.4. The molecule has 0 aliphatic rings. The third kappa shape index (κ3) is 4.57. The van der Waals surface area contributed by atoms with Gasteiger partial charge in [0.15, 0.2) is 0 Å². The maximum atomic E-state index is 10.9. The van der Waals surface area contributed by atoms with Gasteiger partial charge in [0.1, 0.15) is 12.4 Å². The van der Waals surface area contributed by atoms with E-state index in [1.54, 1.807) is 24.3 Å². The number of carbonyl (C=O) groups is 1. The molecule has 3 rings (SSSR count). The van der Waals surface area contributed by atoms with E-state index >= 15 is 0 Å². The molecule has 26 heavy (non-hydrogen) atoms. The number of rotatable bonds is 6. The van der Waals surface area contributed by atoms with Gasteiger partial charge in [-0.3, -0.25) is 4.99 Å². The Kier molecular flexibility index (Phi) is 5.44. The van der Waals surface area contributed by atoms with Crippen molar-refractivity contribution in [3.63, 3.8) is 0 Å². The molecule has 0 bridgehead atoms. The highest BCUT2D eigenvalue weighted by atomic mass is 16.5. The molecule has 0 spiro atoms. The lowest BCUT2D eigenvalue weighted by atomic mass is 10.1. The molecule has 0 amide bonds. The molecule has 130 valence electrons. The van der Waals surface area contributed by atoms with Crippen molar-refractivity contribution in [1.82, 2.24) is 0 Å². The van der Waals surface area contributed by atoms with Crippen molar-refractivity contribution in [2.24, 2.45) is 4.99 Å². The smallest absolute Gasteiger partial charge is 0.335 e. The SMILES string of the molecule is Cc1ccccc1N=Cc1cccc(OCc2ccc(C(=O)O)cc2)c1.